The predicted octanol–water partition coefficient (Wildman–Crippen LogP) is 2.54. The van der Waals surface area contributed by atoms with Gasteiger partial charge in [-0.2, -0.15) is 26.3 Å². The second-order valence-corrected chi connectivity index (χ2v) is 7.55. The van der Waals surface area contributed by atoms with Gasteiger partial charge in [0.2, 0.25) is 11.4 Å². The van der Waals surface area contributed by atoms with Crippen molar-refractivity contribution in [3.8, 4) is 0 Å². The highest BCUT2D eigenvalue weighted by molar-refractivity contribution is 5.81. The Morgan fingerprint density at radius 1 is 0.879 bits per heavy atom. The second-order valence-electron chi connectivity index (χ2n) is 7.55. The number of benzene rings is 1. The molecule has 1 aromatic rings. The molecule has 0 radical (unpaired) electrons. The molecule has 3 N–H and O–H groups in total. The summed E-state index contributed by atoms with van der Waals surface area (Å²) in [5.41, 5.74) is -9.04. The van der Waals surface area contributed by atoms with Crippen LogP contribution in [-0.4, -0.2) is 59.2 Å². The molecule has 1 unspecified atom stereocenters. The molecule has 0 bridgehead atoms. The van der Waals surface area contributed by atoms with Crippen LogP contribution in [0.4, 0.5) is 26.3 Å². The lowest BCUT2D eigenvalue weighted by Crippen LogP contribution is -2.81. The van der Waals surface area contributed by atoms with E-state index in [1.807, 2.05) is 0 Å². The molecule has 1 aromatic carbocycles. The van der Waals surface area contributed by atoms with E-state index < -0.39 is 66.7 Å². The minimum Gasteiger partial charge on any atom is -0.466 e. The second kappa shape index (κ2) is 9.11. The SMILES string of the molecule is CCOC(=O)[C@@H]1C(c2ccc(C)cc2)[C@H](C(=O)OCC)[C@@](O)(C(F)(F)F)N[C@]1(O)C(F)(F)F. The van der Waals surface area contributed by atoms with Crippen molar-refractivity contribution >= 4 is 11.9 Å². The van der Waals surface area contributed by atoms with E-state index in [1.165, 1.54) is 26.0 Å². The van der Waals surface area contributed by atoms with Crippen LogP contribution in [-0.2, 0) is 19.1 Å². The average molecular weight is 487 g/mol. The zero-order valence-electron chi connectivity index (χ0n) is 17.8. The summed E-state index contributed by atoms with van der Waals surface area (Å²) in [7, 11) is 0. The van der Waals surface area contributed by atoms with E-state index in [0.717, 1.165) is 17.4 Å². The van der Waals surface area contributed by atoms with Gasteiger partial charge in [0.15, 0.2) is 0 Å². The van der Waals surface area contributed by atoms with Gasteiger partial charge in [-0.25, -0.2) is 5.32 Å². The lowest BCUT2D eigenvalue weighted by molar-refractivity contribution is -0.376. The molecule has 0 spiro atoms. The topological polar surface area (TPSA) is 105 Å². The number of esters is 2. The molecule has 1 fully saturated rings. The first-order chi connectivity index (χ1) is 15.0. The molecule has 186 valence electrons. The van der Waals surface area contributed by atoms with Crippen molar-refractivity contribution in [2.24, 2.45) is 11.8 Å². The average Bonchev–Trinajstić information content (AvgIpc) is 2.66. The highest BCUT2D eigenvalue weighted by Crippen LogP contribution is 2.55. The van der Waals surface area contributed by atoms with E-state index >= 15 is 0 Å². The van der Waals surface area contributed by atoms with E-state index in [0.29, 0.717) is 5.56 Å². The third kappa shape index (κ3) is 4.66. The fourth-order valence-corrected chi connectivity index (χ4v) is 3.92. The standard InChI is InChI=1S/C20H23F6NO6/c1-4-32-15(28)13-12(11-8-6-10(3)7-9-11)14(16(29)33-5-2)18(31,20(24,25)26)27-17(13,30)19(21,22)23/h6-9,12-14,27,30-31H,4-5H2,1-3H3/t12?,13-,14+,17-,18-/m1/s1. The maximum Gasteiger partial charge on any atom is 0.432 e. The molecule has 1 aliphatic heterocycles. The van der Waals surface area contributed by atoms with Crippen molar-refractivity contribution in [3.63, 3.8) is 0 Å². The van der Waals surface area contributed by atoms with Crippen LogP contribution in [0.5, 0.6) is 0 Å². The number of hydrogen-bond donors (Lipinski definition) is 3. The Hall–Kier alpha value is -2.38. The number of ether oxygens (including phenoxy) is 2. The van der Waals surface area contributed by atoms with Crippen molar-refractivity contribution in [2.45, 2.75) is 50.5 Å². The molecule has 5 atom stereocenters. The number of carbonyl (C=O) groups is 2. The van der Waals surface area contributed by atoms with Crippen LogP contribution in [0.1, 0.15) is 30.9 Å². The first kappa shape index (κ1) is 26.9. The van der Waals surface area contributed by atoms with Crippen LogP contribution in [0.2, 0.25) is 0 Å². The molecule has 0 aliphatic carbocycles. The third-order valence-electron chi connectivity index (χ3n) is 5.41. The van der Waals surface area contributed by atoms with Gasteiger partial charge >= 0.3 is 24.3 Å². The van der Waals surface area contributed by atoms with Crippen LogP contribution in [0.15, 0.2) is 24.3 Å². The normalized spacial score (nSPS) is 30.6. The number of aryl methyl sites for hydroxylation is 1. The van der Waals surface area contributed by atoms with E-state index in [-0.39, 0.29) is 5.56 Å². The number of nitrogens with one attached hydrogen (secondary N) is 1. The summed E-state index contributed by atoms with van der Waals surface area (Å²) < 4.78 is 93.4. The quantitative estimate of drug-likeness (QED) is 0.433. The number of rotatable bonds is 5. The summed E-state index contributed by atoms with van der Waals surface area (Å²) in [4.78, 5) is 25.3. The molecule has 1 saturated heterocycles. The Kier molecular flexibility index (Phi) is 7.41. The van der Waals surface area contributed by atoms with Crippen molar-refractivity contribution < 1.29 is 55.6 Å². The molecule has 0 amide bonds. The van der Waals surface area contributed by atoms with Crippen LogP contribution in [0.3, 0.4) is 0 Å². The van der Waals surface area contributed by atoms with Crippen LogP contribution in [0.25, 0.3) is 0 Å². The highest BCUT2D eigenvalue weighted by Gasteiger charge is 2.78. The molecular formula is C20H23F6NO6. The lowest BCUT2D eigenvalue weighted by Gasteiger charge is -2.54. The number of halogens is 6. The fourth-order valence-electron chi connectivity index (χ4n) is 3.92. The third-order valence-corrected chi connectivity index (χ3v) is 5.41. The van der Waals surface area contributed by atoms with Crippen molar-refractivity contribution in [1.29, 1.82) is 0 Å². The zero-order valence-corrected chi connectivity index (χ0v) is 17.8. The van der Waals surface area contributed by atoms with Crippen LogP contribution >= 0.6 is 0 Å². The summed E-state index contributed by atoms with van der Waals surface area (Å²) in [5.74, 6) is -11.4. The fraction of sp³-hybridized carbons (Fsp3) is 0.600. The minimum atomic E-state index is -5.91. The van der Waals surface area contributed by atoms with Gasteiger partial charge in [-0.3, -0.25) is 9.59 Å². The molecule has 13 heteroatoms. The number of hydrogen-bond acceptors (Lipinski definition) is 7. The molecule has 1 heterocycles. The van der Waals surface area contributed by atoms with Gasteiger partial charge in [-0.1, -0.05) is 29.8 Å². The Morgan fingerprint density at radius 2 is 1.24 bits per heavy atom. The molecule has 33 heavy (non-hydrogen) atoms. The zero-order chi connectivity index (χ0) is 25.4. The van der Waals surface area contributed by atoms with E-state index in [9.17, 15) is 46.1 Å². The van der Waals surface area contributed by atoms with Gasteiger partial charge in [0.1, 0.15) is 11.8 Å². The van der Waals surface area contributed by atoms with Crippen LogP contribution in [0, 0.1) is 18.8 Å². The van der Waals surface area contributed by atoms with Crippen LogP contribution < -0.4 is 5.32 Å². The Labute approximate surface area is 184 Å². The molecular weight excluding hydrogens is 464 g/mol. The van der Waals surface area contributed by atoms with Gasteiger partial charge in [0.25, 0.3) is 0 Å². The summed E-state index contributed by atoms with van der Waals surface area (Å²) in [6.07, 6.45) is -11.8. The first-order valence-corrected chi connectivity index (χ1v) is 9.82. The van der Waals surface area contributed by atoms with Gasteiger partial charge in [0, 0.05) is 5.92 Å². The summed E-state index contributed by atoms with van der Waals surface area (Å²) in [6.45, 7) is 3.10. The monoisotopic (exact) mass is 487 g/mol. The maximum atomic E-state index is 14.0. The number of piperidine rings is 1. The number of aliphatic hydroxyl groups is 2. The molecule has 2 rings (SSSR count). The first-order valence-electron chi connectivity index (χ1n) is 9.82. The highest BCUT2D eigenvalue weighted by atomic mass is 19.4. The molecule has 7 nitrogen and oxygen atoms in total. The van der Waals surface area contributed by atoms with Gasteiger partial charge in [0.05, 0.1) is 13.2 Å². The Morgan fingerprint density at radius 3 is 1.55 bits per heavy atom. The molecule has 1 aliphatic rings. The Balaban J connectivity index is 2.95. The number of alkyl halides is 6. The van der Waals surface area contributed by atoms with E-state index in [2.05, 4.69) is 9.47 Å². The van der Waals surface area contributed by atoms with Crippen molar-refractivity contribution in [1.82, 2.24) is 5.32 Å². The smallest absolute Gasteiger partial charge is 0.432 e. The van der Waals surface area contributed by atoms with Crippen molar-refractivity contribution in [3.05, 3.63) is 35.4 Å². The van der Waals surface area contributed by atoms with E-state index in [4.69, 9.17) is 0 Å². The summed E-state index contributed by atoms with van der Waals surface area (Å²) in [6, 6.07) is 4.83. The molecule has 0 aromatic heterocycles. The van der Waals surface area contributed by atoms with Gasteiger partial charge in [-0.05, 0) is 26.3 Å². The Bertz CT molecular complexity index is 825. The minimum absolute atomic E-state index is 0.358. The summed E-state index contributed by atoms with van der Waals surface area (Å²) >= 11 is 0. The maximum absolute atomic E-state index is 14.0. The molecule has 0 saturated carbocycles. The van der Waals surface area contributed by atoms with E-state index in [1.54, 1.807) is 6.92 Å². The van der Waals surface area contributed by atoms with Gasteiger partial charge in [-0.15, -0.1) is 0 Å². The lowest BCUT2D eigenvalue weighted by atomic mass is 9.64. The van der Waals surface area contributed by atoms with Gasteiger partial charge < -0.3 is 19.7 Å². The van der Waals surface area contributed by atoms with Crippen molar-refractivity contribution in [2.75, 3.05) is 13.2 Å². The number of carbonyl (C=O) groups excluding carboxylic acids is 2. The largest absolute Gasteiger partial charge is 0.466 e. The predicted molar refractivity (Wildman–Crippen MR) is 99.3 cm³/mol. The summed E-state index contributed by atoms with van der Waals surface area (Å²) in [5, 5.41) is 21.8.